The standard InChI is InChI=1S/C14H18N2O3/c1-11-6-7-12(10-13(11)16(18)19)14(17)15-8-4-2-3-5-9-15/h6-7,10H,2-5,8-9H2,1H3. The quantitative estimate of drug-likeness (QED) is 0.608. The Morgan fingerprint density at radius 2 is 1.84 bits per heavy atom. The zero-order chi connectivity index (χ0) is 13.8. The van der Waals surface area contributed by atoms with Gasteiger partial charge in [0.25, 0.3) is 11.6 Å². The maximum atomic E-state index is 12.3. The summed E-state index contributed by atoms with van der Waals surface area (Å²) >= 11 is 0. The molecule has 1 aromatic rings. The molecule has 1 amide bonds. The lowest BCUT2D eigenvalue weighted by atomic mass is 10.1. The summed E-state index contributed by atoms with van der Waals surface area (Å²) < 4.78 is 0. The Kier molecular flexibility index (Phi) is 4.14. The highest BCUT2D eigenvalue weighted by atomic mass is 16.6. The van der Waals surface area contributed by atoms with E-state index >= 15 is 0 Å². The lowest BCUT2D eigenvalue weighted by Gasteiger charge is -2.20. The Morgan fingerprint density at radius 1 is 1.21 bits per heavy atom. The van der Waals surface area contributed by atoms with Gasteiger partial charge in [0.15, 0.2) is 0 Å². The molecular formula is C14H18N2O3. The number of nitrogens with zero attached hydrogens (tertiary/aromatic N) is 2. The fourth-order valence-electron chi connectivity index (χ4n) is 2.40. The number of hydrogen-bond acceptors (Lipinski definition) is 3. The molecule has 0 aromatic heterocycles. The zero-order valence-corrected chi connectivity index (χ0v) is 11.1. The average Bonchev–Trinajstić information content (AvgIpc) is 2.67. The number of benzene rings is 1. The molecule has 1 saturated heterocycles. The van der Waals surface area contributed by atoms with E-state index in [-0.39, 0.29) is 11.6 Å². The molecule has 0 saturated carbocycles. The maximum absolute atomic E-state index is 12.3. The number of likely N-dealkylation sites (tertiary alicyclic amines) is 1. The van der Waals surface area contributed by atoms with Crippen molar-refractivity contribution in [2.45, 2.75) is 32.6 Å². The van der Waals surface area contributed by atoms with E-state index < -0.39 is 4.92 Å². The maximum Gasteiger partial charge on any atom is 0.273 e. The molecule has 0 spiro atoms. The summed E-state index contributed by atoms with van der Waals surface area (Å²) in [5.74, 6) is -0.0926. The van der Waals surface area contributed by atoms with Crippen molar-refractivity contribution in [3.05, 3.63) is 39.4 Å². The van der Waals surface area contributed by atoms with Crippen LogP contribution in [0, 0.1) is 17.0 Å². The summed E-state index contributed by atoms with van der Waals surface area (Å²) in [5, 5.41) is 10.9. The summed E-state index contributed by atoms with van der Waals surface area (Å²) in [6.07, 6.45) is 4.33. The minimum absolute atomic E-state index is 0.0145. The molecule has 1 heterocycles. The highest BCUT2D eigenvalue weighted by molar-refractivity contribution is 5.95. The summed E-state index contributed by atoms with van der Waals surface area (Å²) in [4.78, 5) is 24.6. The van der Waals surface area contributed by atoms with E-state index in [0.717, 1.165) is 38.8 Å². The van der Waals surface area contributed by atoms with Crippen molar-refractivity contribution in [1.82, 2.24) is 4.90 Å². The summed E-state index contributed by atoms with van der Waals surface area (Å²) in [6, 6.07) is 4.71. The summed E-state index contributed by atoms with van der Waals surface area (Å²) in [5.41, 5.74) is 1.01. The Morgan fingerprint density at radius 3 is 2.42 bits per heavy atom. The second kappa shape index (κ2) is 5.82. The number of nitro groups is 1. The monoisotopic (exact) mass is 262 g/mol. The predicted octanol–water partition coefficient (Wildman–Crippen LogP) is 2.92. The minimum Gasteiger partial charge on any atom is -0.339 e. The lowest BCUT2D eigenvalue weighted by molar-refractivity contribution is -0.385. The van der Waals surface area contributed by atoms with E-state index in [1.807, 2.05) is 0 Å². The second-order valence-electron chi connectivity index (χ2n) is 4.96. The first-order valence-corrected chi connectivity index (χ1v) is 6.64. The molecule has 0 bridgehead atoms. The van der Waals surface area contributed by atoms with E-state index in [1.165, 1.54) is 6.07 Å². The molecule has 0 unspecified atom stereocenters. The normalized spacial score (nSPS) is 15.9. The van der Waals surface area contributed by atoms with Crippen LogP contribution in [0.5, 0.6) is 0 Å². The van der Waals surface area contributed by atoms with Gasteiger partial charge in [-0.25, -0.2) is 0 Å². The molecule has 0 N–H and O–H groups in total. The van der Waals surface area contributed by atoms with E-state index in [4.69, 9.17) is 0 Å². The van der Waals surface area contributed by atoms with Crippen molar-refractivity contribution in [1.29, 1.82) is 0 Å². The van der Waals surface area contributed by atoms with Crippen LogP contribution < -0.4 is 0 Å². The average molecular weight is 262 g/mol. The third kappa shape index (κ3) is 3.10. The third-order valence-electron chi connectivity index (χ3n) is 3.55. The van der Waals surface area contributed by atoms with Gasteiger partial charge in [0.2, 0.25) is 0 Å². The molecule has 1 fully saturated rings. The van der Waals surface area contributed by atoms with Gasteiger partial charge in [-0.3, -0.25) is 14.9 Å². The first-order chi connectivity index (χ1) is 9.09. The molecule has 0 radical (unpaired) electrons. The SMILES string of the molecule is Cc1ccc(C(=O)N2CCCCCC2)cc1[N+](=O)[O-]. The first-order valence-electron chi connectivity index (χ1n) is 6.64. The molecule has 2 rings (SSSR count). The van der Waals surface area contributed by atoms with Gasteiger partial charge in [-0.2, -0.15) is 0 Å². The molecule has 0 atom stereocenters. The smallest absolute Gasteiger partial charge is 0.273 e. The van der Waals surface area contributed by atoms with Crippen LogP contribution in [0.2, 0.25) is 0 Å². The van der Waals surface area contributed by atoms with Crippen LogP contribution in [0.4, 0.5) is 5.69 Å². The number of amides is 1. The van der Waals surface area contributed by atoms with Crippen molar-refractivity contribution in [2.75, 3.05) is 13.1 Å². The van der Waals surface area contributed by atoms with Crippen molar-refractivity contribution < 1.29 is 9.72 Å². The molecule has 1 aliphatic rings. The van der Waals surface area contributed by atoms with Gasteiger partial charge >= 0.3 is 0 Å². The lowest BCUT2D eigenvalue weighted by Crippen LogP contribution is -2.31. The van der Waals surface area contributed by atoms with Crippen molar-refractivity contribution >= 4 is 11.6 Å². The molecule has 19 heavy (non-hydrogen) atoms. The molecule has 5 heteroatoms. The Labute approximate surface area is 112 Å². The number of nitro benzene ring substituents is 1. The van der Waals surface area contributed by atoms with Gasteiger partial charge in [-0.05, 0) is 25.8 Å². The van der Waals surface area contributed by atoms with E-state index in [9.17, 15) is 14.9 Å². The van der Waals surface area contributed by atoms with Crippen LogP contribution in [-0.2, 0) is 0 Å². The Balaban J connectivity index is 2.23. The third-order valence-corrected chi connectivity index (χ3v) is 3.55. The van der Waals surface area contributed by atoms with Crippen LogP contribution in [0.25, 0.3) is 0 Å². The number of hydrogen-bond donors (Lipinski definition) is 0. The van der Waals surface area contributed by atoms with E-state index in [1.54, 1.807) is 24.0 Å². The minimum atomic E-state index is -0.436. The first kappa shape index (κ1) is 13.5. The van der Waals surface area contributed by atoms with Gasteiger partial charge in [0.1, 0.15) is 0 Å². The van der Waals surface area contributed by atoms with Crippen molar-refractivity contribution in [3.63, 3.8) is 0 Å². The van der Waals surface area contributed by atoms with Crippen LogP contribution >= 0.6 is 0 Å². The van der Waals surface area contributed by atoms with Crippen LogP contribution in [0.3, 0.4) is 0 Å². The van der Waals surface area contributed by atoms with E-state index in [0.29, 0.717) is 11.1 Å². The molecule has 5 nitrogen and oxygen atoms in total. The number of rotatable bonds is 2. The Bertz CT molecular complexity index is 491. The van der Waals surface area contributed by atoms with Crippen molar-refractivity contribution in [3.8, 4) is 0 Å². The molecule has 1 aliphatic heterocycles. The summed E-state index contributed by atoms with van der Waals surface area (Å²) in [7, 11) is 0. The van der Waals surface area contributed by atoms with Gasteiger partial charge in [-0.1, -0.05) is 18.9 Å². The topological polar surface area (TPSA) is 63.5 Å². The molecule has 102 valence electrons. The molecule has 1 aromatic carbocycles. The highest BCUT2D eigenvalue weighted by Gasteiger charge is 2.20. The highest BCUT2D eigenvalue weighted by Crippen LogP contribution is 2.21. The summed E-state index contributed by atoms with van der Waals surface area (Å²) in [6.45, 7) is 3.18. The van der Waals surface area contributed by atoms with Gasteiger partial charge in [-0.15, -0.1) is 0 Å². The molecule has 0 aliphatic carbocycles. The number of carbonyl (C=O) groups excluding carboxylic acids is 1. The van der Waals surface area contributed by atoms with Gasteiger partial charge in [0, 0.05) is 30.3 Å². The van der Waals surface area contributed by atoms with E-state index in [2.05, 4.69) is 0 Å². The Hall–Kier alpha value is -1.91. The predicted molar refractivity (Wildman–Crippen MR) is 72.2 cm³/mol. The van der Waals surface area contributed by atoms with Crippen LogP contribution in [0.15, 0.2) is 18.2 Å². The fraction of sp³-hybridized carbons (Fsp3) is 0.500. The molecular weight excluding hydrogens is 244 g/mol. The number of aryl methyl sites for hydroxylation is 1. The largest absolute Gasteiger partial charge is 0.339 e. The zero-order valence-electron chi connectivity index (χ0n) is 11.1. The van der Waals surface area contributed by atoms with Crippen LogP contribution in [0.1, 0.15) is 41.6 Å². The number of carbonyl (C=O) groups is 1. The van der Waals surface area contributed by atoms with Gasteiger partial charge in [0.05, 0.1) is 4.92 Å². The fourth-order valence-corrected chi connectivity index (χ4v) is 2.40. The van der Waals surface area contributed by atoms with Crippen LogP contribution in [-0.4, -0.2) is 28.8 Å². The van der Waals surface area contributed by atoms with Crippen molar-refractivity contribution in [2.24, 2.45) is 0 Å². The van der Waals surface area contributed by atoms with Gasteiger partial charge < -0.3 is 4.90 Å². The second-order valence-corrected chi connectivity index (χ2v) is 4.96.